The van der Waals surface area contributed by atoms with Gasteiger partial charge in [0.15, 0.2) is 11.5 Å². The summed E-state index contributed by atoms with van der Waals surface area (Å²) in [6, 6.07) is 19.1. The number of aromatic nitrogens is 1. The average Bonchev–Trinajstić information content (AvgIpc) is 3.04. The van der Waals surface area contributed by atoms with Crippen LogP contribution in [0.15, 0.2) is 71.3 Å². The van der Waals surface area contributed by atoms with Crippen LogP contribution in [0.25, 0.3) is 11.1 Å². The molecule has 0 unspecified atom stereocenters. The number of carbonyl (C=O) groups is 1. The molecule has 0 amide bonds. The highest BCUT2D eigenvalue weighted by Gasteiger charge is 2.19. The Balaban J connectivity index is 1.37. The molecule has 1 aromatic heterocycles. The fourth-order valence-corrected chi connectivity index (χ4v) is 5.34. The minimum atomic E-state index is -1.19. The summed E-state index contributed by atoms with van der Waals surface area (Å²) in [5.41, 5.74) is 4.29. The molecule has 12 heteroatoms. The number of hydrogen-bond acceptors (Lipinski definition) is 9. The second-order valence-electron chi connectivity index (χ2n) is 9.72. The molecule has 0 fully saturated rings. The summed E-state index contributed by atoms with van der Waals surface area (Å²) in [5.74, 6) is 0.961. The molecule has 3 N–H and O–H groups in total. The van der Waals surface area contributed by atoms with Gasteiger partial charge in [0.2, 0.25) is 0 Å². The summed E-state index contributed by atoms with van der Waals surface area (Å²) in [6.45, 7) is 0.767. The van der Waals surface area contributed by atoms with E-state index in [0.29, 0.717) is 52.4 Å². The first-order valence-corrected chi connectivity index (χ1v) is 14.7. The number of aliphatic carboxylic acids is 1. The molecule has 0 saturated heterocycles. The molecule has 3 aromatic carbocycles. The number of carboxylic acids is 1. The summed E-state index contributed by atoms with van der Waals surface area (Å²) in [7, 11) is 0. The number of rotatable bonds is 12. The van der Waals surface area contributed by atoms with Crippen molar-refractivity contribution >= 4 is 33.5 Å². The number of benzene rings is 3. The van der Waals surface area contributed by atoms with Crippen LogP contribution in [0, 0.1) is 11.3 Å². The van der Waals surface area contributed by atoms with Crippen molar-refractivity contribution in [2.45, 2.75) is 25.8 Å². The molecular formula is C32H27BrClN3O7. The highest BCUT2D eigenvalue weighted by Crippen LogP contribution is 2.39. The van der Waals surface area contributed by atoms with Crippen LogP contribution in [0.2, 0.25) is 5.02 Å². The molecule has 0 saturated carbocycles. The normalized spacial score (nSPS) is 12.7. The third kappa shape index (κ3) is 7.41. The van der Waals surface area contributed by atoms with E-state index in [1.54, 1.807) is 24.3 Å². The lowest BCUT2D eigenvalue weighted by atomic mass is 10.0. The number of nitriles is 1. The molecule has 44 heavy (non-hydrogen) atoms. The Morgan fingerprint density at radius 2 is 1.84 bits per heavy atom. The predicted molar refractivity (Wildman–Crippen MR) is 165 cm³/mol. The van der Waals surface area contributed by atoms with E-state index >= 15 is 0 Å². The van der Waals surface area contributed by atoms with Gasteiger partial charge < -0.3 is 29.2 Å². The van der Waals surface area contributed by atoms with Crippen LogP contribution < -0.4 is 24.3 Å². The van der Waals surface area contributed by atoms with E-state index in [1.165, 1.54) is 6.20 Å². The summed E-state index contributed by atoms with van der Waals surface area (Å²) >= 11 is 10.3. The molecular weight excluding hydrogens is 654 g/mol. The lowest BCUT2D eigenvalue weighted by Crippen LogP contribution is -2.39. The van der Waals surface area contributed by atoms with Crippen LogP contribution in [0.5, 0.6) is 23.0 Å². The topological polar surface area (TPSA) is 143 Å². The average molecular weight is 681 g/mol. The number of nitrogens with zero attached hydrogens (tertiary/aromatic N) is 2. The monoisotopic (exact) mass is 679 g/mol. The van der Waals surface area contributed by atoms with Gasteiger partial charge in [-0.25, -0.2) is 4.98 Å². The molecule has 0 radical (unpaired) electrons. The number of aliphatic hydroxyl groups excluding tert-OH is 1. The number of halogens is 2. The van der Waals surface area contributed by atoms with E-state index in [2.05, 4.69) is 26.2 Å². The summed E-state index contributed by atoms with van der Waals surface area (Å²) in [5, 5.41) is 31.0. The van der Waals surface area contributed by atoms with Crippen LogP contribution in [-0.2, 0) is 24.6 Å². The number of nitrogens with one attached hydrogen (secondary N) is 1. The smallest absolute Gasteiger partial charge is 0.323 e. The predicted octanol–water partition coefficient (Wildman–Crippen LogP) is 5.50. The first-order chi connectivity index (χ1) is 21.4. The lowest BCUT2D eigenvalue weighted by Gasteiger charge is -2.20. The number of aliphatic hydroxyl groups is 1. The third-order valence-electron chi connectivity index (χ3n) is 6.78. The second kappa shape index (κ2) is 14.4. The SMILES string of the molecule is N#Cc1cc(COc2cc(OCc3cccc(-c4ccc5c(c4)OCCO5)c3Br)c(Cl)cc2CN[C@@H](CO)C(=O)O)ccn1. The molecule has 5 rings (SSSR count). The molecule has 4 aromatic rings. The minimum absolute atomic E-state index is 0.0514. The van der Waals surface area contributed by atoms with Crippen molar-refractivity contribution in [2.24, 2.45) is 0 Å². The molecule has 1 aliphatic rings. The quantitative estimate of drug-likeness (QED) is 0.176. The highest BCUT2D eigenvalue weighted by molar-refractivity contribution is 9.10. The summed E-state index contributed by atoms with van der Waals surface area (Å²) in [4.78, 5) is 15.4. The molecule has 0 spiro atoms. The van der Waals surface area contributed by atoms with Gasteiger partial charge in [-0.3, -0.25) is 10.1 Å². The maximum absolute atomic E-state index is 11.4. The molecule has 2 heterocycles. The van der Waals surface area contributed by atoms with Crippen LogP contribution in [0.4, 0.5) is 0 Å². The van der Waals surface area contributed by atoms with Gasteiger partial charge >= 0.3 is 5.97 Å². The van der Waals surface area contributed by atoms with Crippen LogP contribution >= 0.6 is 27.5 Å². The molecule has 0 bridgehead atoms. The highest BCUT2D eigenvalue weighted by atomic mass is 79.9. The lowest BCUT2D eigenvalue weighted by molar-refractivity contribution is -0.140. The van der Waals surface area contributed by atoms with Crippen LogP contribution in [-0.4, -0.2) is 47.0 Å². The van der Waals surface area contributed by atoms with E-state index in [0.717, 1.165) is 21.2 Å². The van der Waals surface area contributed by atoms with Gasteiger partial charge in [0.05, 0.1) is 11.6 Å². The number of fused-ring (bicyclic) bond motifs is 1. The van der Waals surface area contributed by atoms with E-state index in [9.17, 15) is 20.3 Å². The summed E-state index contributed by atoms with van der Waals surface area (Å²) in [6.07, 6.45) is 1.52. The number of hydrogen-bond donors (Lipinski definition) is 3. The molecule has 1 atom stereocenters. The van der Waals surface area contributed by atoms with Crippen molar-refractivity contribution in [3.8, 4) is 40.2 Å². The van der Waals surface area contributed by atoms with Crippen LogP contribution in [0.1, 0.15) is 22.4 Å². The van der Waals surface area contributed by atoms with E-state index < -0.39 is 18.6 Å². The standard InChI is InChI=1S/C32H27BrClN3O7/c33-31-21(2-1-3-24(31)20-4-5-27-30(12-20)42-9-8-41-27)18-44-29-13-28(43-17-19-6-7-36-23(10-19)14-35)22(11-25(29)34)15-37-26(16-38)32(39)40/h1-7,10-13,26,37-38H,8-9,15-18H2,(H,39,40)/t26-/m0/s1. The van der Waals surface area contributed by atoms with Gasteiger partial charge in [0.25, 0.3) is 0 Å². The molecule has 10 nitrogen and oxygen atoms in total. The van der Waals surface area contributed by atoms with Gasteiger partial charge in [0, 0.05) is 34.4 Å². The number of pyridine rings is 1. The largest absolute Gasteiger partial charge is 0.488 e. The number of ether oxygens (including phenoxy) is 4. The van der Waals surface area contributed by atoms with Gasteiger partial charge in [-0.05, 0) is 63.0 Å². The molecule has 1 aliphatic heterocycles. The third-order valence-corrected chi connectivity index (χ3v) is 8.01. The van der Waals surface area contributed by atoms with Gasteiger partial charge in [-0.1, -0.05) is 35.9 Å². The Kier molecular flexibility index (Phi) is 10.2. The molecule has 0 aliphatic carbocycles. The first kappa shape index (κ1) is 31.1. The zero-order valence-electron chi connectivity index (χ0n) is 23.3. The summed E-state index contributed by atoms with van der Waals surface area (Å²) < 4.78 is 24.5. The Hall–Kier alpha value is -4.34. The first-order valence-electron chi connectivity index (χ1n) is 13.5. The maximum Gasteiger partial charge on any atom is 0.323 e. The second-order valence-corrected chi connectivity index (χ2v) is 10.9. The van der Waals surface area contributed by atoms with Gasteiger partial charge in [-0.2, -0.15) is 5.26 Å². The van der Waals surface area contributed by atoms with Gasteiger partial charge in [-0.15, -0.1) is 0 Å². The van der Waals surface area contributed by atoms with Crippen molar-refractivity contribution in [2.75, 3.05) is 19.8 Å². The fourth-order valence-electron chi connectivity index (χ4n) is 4.49. The van der Waals surface area contributed by atoms with Crippen molar-refractivity contribution in [3.05, 3.63) is 98.7 Å². The van der Waals surface area contributed by atoms with E-state index in [-0.39, 0.29) is 25.5 Å². The Bertz CT molecular complexity index is 1710. The Morgan fingerprint density at radius 1 is 1.05 bits per heavy atom. The minimum Gasteiger partial charge on any atom is -0.488 e. The van der Waals surface area contributed by atoms with Crippen molar-refractivity contribution in [1.29, 1.82) is 5.26 Å². The Morgan fingerprint density at radius 3 is 2.61 bits per heavy atom. The van der Waals surface area contributed by atoms with Crippen molar-refractivity contribution < 1.29 is 34.0 Å². The van der Waals surface area contributed by atoms with Crippen LogP contribution in [0.3, 0.4) is 0 Å². The van der Waals surface area contributed by atoms with Gasteiger partial charge in [0.1, 0.15) is 55.7 Å². The fraction of sp³-hybridized carbons (Fsp3) is 0.219. The van der Waals surface area contributed by atoms with Crippen molar-refractivity contribution in [1.82, 2.24) is 10.3 Å². The molecule has 226 valence electrons. The maximum atomic E-state index is 11.4. The van der Waals surface area contributed by atoms with E-state index in [4.69, 9.17) is 30.5 Å². The zero-order chi connectivity index (χ0) is 31.1. The zero-order valence-corrected chi connectivity index (χ0v) is 25.6. The van der Waals surface area contributed by atoms with Crippen molar-refractivity contribution in [3.63, 3.8) is 0 Å². The van der Waals surface area contributed by atoms with E-state index in [1.807, 2.05) is 42.5 Å². The Labute approximate surface area is 266 Å². The number of carboxylic acid groups (broad SMARTS) is 1.